The Hall–Kier alpha value is -0.120. The molecular weight excluding hydrogens is 176 g/mol. The van der Waals surface area contributed by atoms with Crippen LogP contribution in [0.2, 0.25) is 0 Å². The summed E-state index contributed by atoms with van der Waals surface area (Å²) >= 11 is 0. The van der Waals surface area contributed by atoms with Gasteiger partial charge in [-0.15, -0.1) is 0 Å². The third kappa shape index (κ3) is 3.23. The fraction of sp³-hybridized carbons (Fsp3) is 1.00. The Kier molecular flexibility index (Phi) is 3.93. The molecule has 2 atom stereocenters. The Morgan fingerprint density at radius 2 is 2.00 bits per heavy atom. The highest BCUT2D eigenvalue weighted by Gasteiger charge is 2.28. The molecule has 0 aromatic carbocycles. The monoisotopic (exact) mass is 200 g/mol. The summed E-state index contributed by atoms with van der Waals surface area (Å²) in [6.45, 7) is 12.3. The number of aliphatic hydroxyl groups excluding tert-OH is 1. The zero-order valence-corrected chi connectivity index (χ0v) is 9.88. The van der Waals surface area contributed by atoms with E-state index in [0.29, 0.717) is 5.92 Å². The summed E-state index contributed by atoms with van der Waals surface area (Å²) in [6, 6.07) is 0.235. The molecular formula is C11H24N2O. The topological polar surface area (TPSA) is 35.5 Å². The second kappa shape index (κ2) is 4.60. The van der Waals surface area contributed by atoms with E-state index in [1.54, 1.807) is 0 Å². The molecule has 0 radical (unpaired) electrons. The second-order valence-corrected chi connectivity index (χ2v) is 5.47. The highest BCUT2D eigenvalue weighted by Crippen LogP contribution is 2.17. The summed E-state index contributed by atoms with van der Waals surface area (Å²) in [5, 5.41) is 12.6. The van der Waals surface area contributed by atoms with E-state index in [1.165, 1.54) is 0 Å². The molecule has 2 unspecified atom stereocenters. The Bertz CT molecular complexity index is 177. The Labute approximate surface area is 87.5 Å². The number of hydrogen-bond acceptors (Lipinski definition) is 3. The summed E-state index contributed by atoms with van der Waals surface area (Å²) in [4.78, 5) is 2.46. The van der Waals surface area contributed by atoms with Crippen molar-refractivity contribution in [2.24, 2.45) is 5.92 Å². The highest BCUT2D eigenvalue weighted by molar-refractivity contribution is 4.85. The number of hydrogen-bond donors (Lipinski definition) is 2. The van der Waals surface area contributed by atoms with Gasteiger partial charge in [0.15, 0.2) is 0 Å². The minimum Gasteiger partial charge on any atom is -0.395 e. The maximum atomic E-state index is 9.20. The minimum absolute atomic E-state index is 0.202. The number of rotatable bonds is 1. The first kappa shape index (κ1) is 12.0. The maximum Gasteiger partial charge on any atom is 0.0597 e. The molecule has 0 saturated carbocycles. The van der Waals surface area contributed by atoms with Gasteiger partial charge in [-0.3, -0.25) is 4.90 Å². The molecule has 0 spiro atoms. The van der Waals surface area contributed by atoms with E-state index < -0.39 is 0 Å². The quantitative estimate of drug-likeness (QED) is 0.653. The summed E-state index contributed by atoms with van der Waals surface area (Å²) < 4.78 is 0. The number of nitrogens with one attached hydrogen (secondary N) is 1. The van der Waals surface area contributed by atoms with Crippen molar-refractivity contribution in [1.82, 2.24) is 10.2 Å². The van der Waals surface area contributed by atoms with Crippen LogP contribution in [0.15, 0.2) is 0 Å². The van der Waals surface area contributed by atoms with Crippen molar-refractivity contribution in [1.29, 1.82) is 0 Å². The SMILES string of the molecule is CC1CNC(CO)CN(C(C)(C)C)C1. The Morgan fingerprint density at radius 1 is 1.36 bits per heavy atom. The maximum absolute atomic E-state index is 9.20. The summed E-state index contributed by atoms with van der Waals surface area (Å²) in [7, 11) is 0. The average Bonchev–Trinajstić information content (AvgIpc) is 2.26. The zero-order valence-electron chi connectivity index (χ0n) is 9.88. The largest absolute Gasteiger partial charge is 0.395 e. The summed E-state index contributed by atoms with van der Waals surface area (Å²) in [5.74, 6) is 0.658. The van der Waals surface area contributed by atoms with Crippen LogP contribution in [0.1, 0.15) is 27.7 Å². The van der Waals surface area contributed by atoms with E-state index in [9.17, 15) is 5.11 Å². The van der Waals surface area contributed by atoms with E-state index in [-0.39, 0.29) is 18.2 Å². The number of aliphatic hydroxyl groups is 1. The molecule has 84 valence electrons. The molecule has 2 N–H and O–H groups in total. The molecule has 1 saturated heterocycles. The molecule has 0 aromatic rings. The van der Waals surface area contributed by atoms with Crippen LogP contribution in [0.4, 0.5) is 0 Å². The van der Waals surface area contributed by atoms with Gasteiger partial charge in [0.25, 0.3) is 0 Å². The van der Waals surface area contributed by atoms with Gasteiger partial charge in [0.05, 0.1) is 6.61 Å². The Morgan fingerprint density at radius 3 is 2.50 bits per heavy atom. The lowest BCUT2D eigenvalue weighted by atomic mass is 10.0. The molecule has 1 aliphatic rings. The predicted molar refractivity (Wildman–Crippen MR) is 59.4 cm³/mol. The van der Waals surface area contributed by atoms with Crippen LogP contribution in [0.5, 0.6) is 0 Å². The standard InChI is InChI=1S/C11H24N2O/c1-9-5-12-10(8-14)7-13(6-9)11(2,3)4/h9-10,12,14H,5-8H2,1-4H3. The van der Waals surface area contributed by atoms with Crippen LogP contribution < -0.4 is 5.32 Å². The van der Waals surface area contributed by atoms with Crippen LogP contribution in [-0.2, 0) is 0 Å². The normalized spacial score (nSPS) is 31.5. The van der Waals surface area contributed by atoms with Crippen LogP contribution in [0.3, 0.4) is 0 Å². The Balaban J connectivity index is 2.64. The predicted octanol–water partition coefficient (Wildman–Crippen LogP) is 0.687. The molecule has 0 amide bonds. The van der Waals surface area contributed by atoms with Gasteiger partial charge in [0.1, 0.15) is 0 Å². The molecule has 3 heteroatoms. The molecule has 3 nitrogen and oxygen atoms in total. The van der Waals surface area contributed by atoms with Crippen molar-refractivity contribution in [3.05, 3.63) is 0 Å². The van der Waals surface area contributed by atoms with E-state index >= 15 is 0 Å². The third-order valence-electron chi connectivity index (χ3n) is 2.90. The van der Waals surface area contributed by atoms with Gasteiger partial charge in [0, 0.05) is 24.7 Å². The molecule has 1 fully saturated rings. The molecule has 0 bridgehead atoms. The van der Waals surface area contributed by atoms with Gasteiger partial charge >= 0.3 is 0 Å². The van der Waals surface area contributed by atoms with Gasteiger partial charge in [-0.05, 0) is 33.2 Å². The van der Waals surface area contributed by atoms with Gasteiger partial charge in [-0.25, -0.2) is 0 Å². The van der Waals surface area contributed by atoms with E-state index in [1.807, 2.05) is 0 Å². The fourth-order valence-corrected chi connectivity index (χ4v) is 1.88. The lowest BCUT2D eigenvalue weighted by molar-refractivity contribution is 0.109. The highest BCUT2D eigenvalue weighted by atomic mass is 16.3. The van der Waals surface area contributed by atoms with Crippen molar-refractivity contribution in [3.8, 4) is 0 Å². The first-order valence-electron chi connectivity index (χ1n) is 5.52. The van der Waals surface area contributed by atoms with E-state index in [2.05, 4.69) is 37.9 Å². The molecule has 0 aliphatic carbocycles. The molecule has 14 heavy (non-hydrogen) atoms. The van der Waals surface area contributed by atoms with Crippen molar-refractivity contribution in [2.45, 2.75) is 39.3 Å². The van der Waals surface area contributed by atoms with Gasteiger partial charge in [-0.2, -0.15) is 0 Å². The van der Waals surface area contributed by atoms with Crippen LogP contribution in [0.25, 0.3) is 0 Å². The molecule has 1 rings (SSSR count). The smallest absolute Gasteiger partial charge is 0.0597 e. The first-order valence-corrected chi connectivity index (χ1v) is 5.52. The fourth-order valence-electron chi connectivity index (χ4n) is 1.88. The lowest BCUT2D eigenvalue weighted by Gasteiger charge is -2.36. The van der Waals surface area contributed by atoms with Crippen LogP contribution >= 0.6 is 0 Å². The second-order valence-electron chi connectivity index (χ2n) is 5.47. The van der Waals surface area contributed by atoms with Crippen LogP contribution in [0, 0.1) is 5.92 Å². The van der Waals surface area contributed by atoms with Gasteiger partial charge in [-0.1, -0.05) is 6.92 Å². The van der Waals surface area contributed by atoms with Crippen molar-refractivity contribution >= 4 is 0 Å². The molecule has 1 heterocycles. The summed E-state index contributed by atoms with van der Waals surface area (Å²) in [5.41, 5.74) is 0.202. The third-order valence-corrected chi connectivity index (χ3v) is 2.90. The van der Waals surface area contributed by atoms with Crippen molar-refractivity contribution < 1.29 is 5.11 Å². The van der Waals surface area contributed by atoms with Gasteiger partial charge in [0.2, 0.25) is 0 Å². The zero-order chi connectivity index (χ0) is 10.8. The van der Waals surface area contributed by atoms with Crippen molar-refractivity contribution in [3.63, 3.8) is 0 Å². The van der Waals surface area contributed by atoms with Crippen LogP contribution in [-0.4, -0.2) is 47.8 Å². The molecule has 0 aromatic heterocycles. The minimum atomic E-state index is 0.202. The van der Waals surface area contributed by atoms with E-state index in [4.69, 9.17) is 0 Å². The number of nitrogens with zero attached hydrogens (tertiary/aromatic N) is 1. The lowest BCUT2D eigenvalue weighted by Crippen LogP contribution is -2.48. The molecule has 1 aliphatic heterocycles. The summed E-state index contributed by atoms with van der Waals surface area (Å²) in [6.07, 6.45) is 0. The average molecular weight is 200 g/mol. The van der Waals surface area contributed by atoms with Crippen molar-refractivity contribution in [2.75, 3.05) is 26.2 Å². The van der Waals surface area contributed by atoms with Gasteiger partial charge < -0.3 is 10.4 Å². The first-order chi connectivity index (χ1) is 6.43. The van der Waals surface area contributed by atoms with E-state index in [0.717, 1.165) is 19.6 Å².